The monoisotopic (exact) mass is 260 g/mol. The number of piperazine rings is 1. The number of hydrogen-bond donors (Lipinski definition) is 1. The highest BCUT2D eigenvalue weighted by atomic mass is 15.3. The molecule has 1 atom stereocenters. The Hall–Kier alpha value is -0.860. The molecule has 1 N–H and O–H groups in total. The Balaban J connectivity index is 2.14. The Bertz CT molecular complexity index is 417. The van der Waals surface area contributed by atoms with Crippen LogP contribution in [-0.2, 0) is 6.54 Å². The average molecular weight is 260 g/mol. The zero-order valence-electron chi connectivity index (χ0n) is 13.1. The van der Waals surface area contributed by atoms with Gasteiger partial charge in [-0.15, -0.1) is 0 Å². The molecule has 1 aromatic carbocycles. The molecule has 1 heterocycles. The van der Waals surface area contributed by atoms with E-state index in [0.717, 1.165) is 19.6 Å². The van der Waals surface area contributed by atoms with Crippen LogP contribution in [0.1, 0.15) is 43.9 Å². The summed E-state index contributed by atoms with van der Waals surface area (Å²) in [7, 11) is 0. The summed E-state index contributed by atoms with van der Waals surface area (Å²) in [5, 5.41) is 3.66. The van der Waals surface area contributed by atoms with E-state index in [-0.39, 0.29) is 5.54 Å². The number of aryl methyl sites for hydroxylation is 2. The van der Waals surface area contributed by atoms with E-state index in [9.17, 15) is 0 Å². The highest BCUT2D eigenvalue weighted by Crippen LogP contribution is 2.23. The molecular weight excluding hydrogens is 232 g/mol. The number of hydrogen-bond acceptors (Lipinski definition) is 2. The third kappa shape index (κ3) is 3.58. The van der Waals surface area contributed by atoms with Crippen molar-refractivity contribution >= 4 is 0 Å². The van der Waals surface area contributed by atoms with Crippen LogP contribution < -0.4 is 5.32 Å². The molecule has 1 unspecified atom stereocenters. The zero-order valence-corrected chi connectivity index (χ0v) is 13.1. The molecule has 0 aliphatic carbocycles. The van der Waals surface area contributed by atoms with E-state index in [1.165, 1.54) is 23.1 Å². The van der Waals surface area contributed by atoms with Crippen molar-refractivity contribution in [2.24, 2.45) is 0 Å². The van der Waals surface area contributed by atoms with E-state index in [1.54, 1.807) is 0 Å². The van der Waals surface area contributed by atoms with E-state index in [0.29, 0.717) is 6.04 Å². The summed E-state index contributed by atoms with van der Waals surface area (Å²) in [5.41, 5.74) is 4.43. The van der Waals surface area contributed by atoms with Crippen LogP contribution in [0.25, 0.3) is 0 Å². The van der Waals surface area contributed by atoms with Gasteiger partial charge in [0.2, 0.25) is 0 Å². The summed E-state index contributed by atoms with van der Waals surface area (Å²) in [6.45, 7) is 14.6. The van der Waals surface area contributed by atoms with E-state index >= 15 is 0 Å². The van der Waals surface area contributed by atoms with E-state index in [2.05, 4.69) is 63.0 Å². The van der Waals surface area contributed by atoms with Crippen molar-refractivity contribution in [1.29, 1.82) is 0 Å². The third-order valence-electron chi connectivity index (χ3n) is 4.27. The van der Waals surface area contributed by atoms with Crippen LogP contribution in [0, 0.1) is 13.8 Å². The standard InChI is InChI=1S/C17H28N2/c1-6-16-11-19(17(4,5)12-18-16)10-15-8-13(2)7-14(3)9-15/h7-9,16,18H,6,10-12H2,1-5H3. The van der Waals surface area contributed by atoms with Crippen molar-refractivity contribution in [1.82, 2.24) is 10.2 Å². The fourth-order valence-electron chi connectivity index (χ4n) is 3.02. The second-order valence-corrected chi connectivity index (χ2v) is 6.67. The largest absolute Gasteiger partial charge is 0.311 e. The summed E-state index contributed by atoms with van der Waals surface area (Å²) in [4.78, 5) is 2.63. The van der Waals surface area contributed by atoms with Crippen LogP contribution in [0.2, 0.25) is 0 Å². The number of nitrogens with zero attached hydrogens (tertiary/aromatic N) is 1. The summed E-state index contributed by atoms with van der Waals surface area (Å²) >= 11 is 0. The lowest BCUT2D eigenvalue weighted by Crippen LogP contribution is -2.61. The highest BCUT2D eigenvalue weighted by molar-refractivity contribution is 5.28. The summed E-state index contributed by atoms with van der Waals surface area (Å²) < 4.78 is 0. The Morgan fingerprint density at radius 3 is 2.42 bits per heavy atom. The Kier molecular flexibility index (Phi) is 4.32. The van der Waals surface area contributed by atoms with Crippen LogP contribution in [0.4, 0.5) is 0 Å². The fraction of sp³-hybridized carbons (Fsp3) is 0.647. The molecule has 0 amide bonds. The molecule has 1 aromatic rings. The van der Waals surface area contributed by atoms with E-state index in [1.807, 2.05) is 0 Å². The minimum absolute atomic E-state index is 0.239. The van der Waals surface area contributed by atoms with Crippen molar-refractivity contribution in [3.63, 3.8) is 0 Å². The van der Waals surface area contributed by atoms with Gasteiger partial charge in [0.25, 0.3) is 0 Å². The average Bonchev–Trinajstić information content (AvgIpc) is 2.30. The van der Waals surface area contributed by atoms with Crippen LogP contribution in [0.5, 0.6) is 0 Å². The van der Waals surface area contributed by atoms with Gasteiger partial charge in [-0.1, -0.05) is 36.2 Å². The normalized spacial score (nSPS) is 23.5. The first-order valence-corrected chi connectivity index (χ1v) is 7.46. The predicted octanol–water partition coefficient (Wildman–Crippen LogP) is 3.27. The summed E-state index contributed by atoms with van der Waals surface area (Å²) in [6, 6.07) is 7.54. The molecule has 19 heavy (non-hydrogen) atoms. The van der Waals surface area contributed by atoms with Crippen LogP contribution in [-0.4, -0.2) is 29.6 Å². The molecule has 0 radical (unpaired) electrons. The van der Waals surface area contributed by atoms with Crippen LogP contribution in [0.3, 0.4) is 0 Å². The molecule has 1 fully saturated rings. The third-order valence-corrected chi connectivity index (χ3v) is 4.27. The fourth-order valence-corrected chi connectivity index (χ4v) is 3.02. The van der Waals surface area contributed by atoms with Gasteiger partial charge in [-0.2, -0.15) is 0 Å². The van der Waals surface area contributed by atoms with Gasteiger partial charge >= 0.3 is 0 Å². The van der Waals surface area contributed by atoms with Gasteiger partial charge in [0.1, 0.15) is 0 Å². The summed E-state index contributed by atoms with van der Waals surface area (Å²) in [5.74, 6) is 0. The van der Waals surface area contributed by atoms with Crippen molar-refractivity contribution in [3.05, 3.63) is 34.9 Å². The Labute approximate surface area is 118 Å². The van der Waals surface area contributed by atoms with Gasteiger partial charge in [-0.3, -0.25) is 4.90 Å². The molecule has 1 saturated heterocycles. The van der Waals surface area contributed by atoms with Crippen molar-refractivity contribution < 1.29 is 0 Å². The van der Waals surface area contributed by atoms with Crippen LogP contribution >= 0.6 is 0 Å². The quantitative estimate of drug-likeness (QED) is 0.897. The number of nitrogens with one attached hydrogen (secondary N) is 1. The van der Waals surface area contributed by atoms with Gasteiger partial charge in [0, 0.05) is 31.2 Å². The van der Waals surface area contributed by atoms with Crippen molar-refractivity contribution in [3.8, 4) is 0 Å². The summed E-state index contributed by atoms with van der Waals surface area (Å²) in [6.07, 6.45) is 1.21. The van der Waals surface area contributed by atoms with Crippen LogP contribution in [0.15, 0.2) is 18.2 Å². The lowest BCUT2D eigenvalue weighted by Gasteiger charge is -2.46. The number of rotatable bonds is 3. The van der Waals surface area contributed by atoms with Gasteiger partial charge in [0.15, 0.2) is 0 Å². The highest BCUT2D eigenvalue weighted by Gasteiger charge is 2.33. The molecule has 106 valence electrons. The predicted molar refractivity (Wildman–Crippen MR) is 82.5 cm³/mol. The molecule has 2 nitrogen and oxygen atoms in total. The van der Waals surface area contributed by atoms with Crippen molar-refractivity contribution in [2.75, 3.05) is 13.1 Å². The maximum atomic E-state index is 3.66. The lowest BCUT2D eigenvalue weighted by molar-refractivity contribution is 0.0577. The van der Waals surface area contributed by atoms with Gasteiger partial charge < -0.3 is 5.32 Å². The van der Waals surface area contributed by atoms with Crippen molar-refractivity contribution in [2.45, 2.75) is 59.2 Å². The maximum absolute atomic E-state index is 3.66. The smallest absolute Gasteiger partial charge is 0.0281 e. The molecular formula is C17H28N2. The molecule has 0 saturated carbocycles. The molecule has 1 aliphatic heterocycles. The first-order valence-electron chi connectivity index (χ1n) is 7.46. The topological polar surface area (TPSA) is 15.3 Å². The van der Waals surface area contributed by atoms with E-state index < -0.39 is 0 Å². The second kappa shape index (κ2) is 5.64. The molecule has 2 rings (SSSR count). The minimum Gasteiger partial charge on any atom is -0.311 e. The molecule has 0 aromatic heterocycles. The maximum Gasteiger partial charge on any atom is 0.0281 e. The van der Waals surface area contributed by atoms with Gasteiger partial charge in [0.05, 0.1) is 0 Å². The SMILES string of the molecule is CCC1CN(Cc2cc(C)cc(C)c2)C(C)(C)CN1. The molecule has 2 heteroatoms. The molecule has 0 spiro atoms. The lowest BCUT2D eigenvalue weighted by atomic mass is 9.95. The molecule has 0 bridgehead atoms. The Morgan fingerprint density at radius 1 is 1.21 bits per heavy atom. The Morgan fingerprint density at radius 2 is 1.84 bits per heavy atom. The van der Waals surface area contributed by atoms with Gasteiger partial charge in [-0.25, -0.2) is 0 Å². The first-order chi connectivity index (χ1) is 8.90. The van der Waals surface area contributed by atoms with Gasteiger partial charge in [-0.05, 0) is 39.7 Å². The minimum atomic E-state index is 0.239. The second-order valence-electron chi connectivity index (χ2n) is 6.67. The van der Waals surface area contributed by atoms with E-state index in [4.69, 9.17) is 0 Å². The number of benzene rings is 1. The zero-order chi connectivity index (χ0) is 14.0. The first kappa shape index (κ1) is 14.5. The molecule has 1 aliphatic rings.